The van der Waals surface area contributed by atoms with Crippen LogP contribution in [-0.2, 0) is 16.0 Å². The zero-order valence-corrected chi connectivity index (χ0v) is 17.9. The van der Waals surface area contributed by atoms with E-state index in [1.807, 2.05) is 41.3 Å². The fourth-order valence-electron chi connectivity index (χ4n) is 4.24. The summed E-state index contributed by atoms with van der Waals surface area (Å²) in [7, 11) is 0. The van der Waals surface area contributed by atoms with E-state index in [0.717, 1.165) is 37.9 Å². The lowest BCUT2D eigenvalue weighted by molar-refractivity contribution is -0.129. The van der Waals surface area contributed by atoms with E-state index >= 15 is 0 Å². The number of rotatable bonds is 6. The van der Waals surface area contributed by atoms with Gasteiger partial charge >= 0.3 is 0 Å². The van der Waals surface area contributed by atoms with Crippen LogP contribution in [0, 0.1) is 5.92 Å². The smallest absolute Gasteiger partial charge is 0.232 e. The van der Waals surface area contributed by atoms with E-state index in [1.165, 1.54) is 17.3 Å². The Balaban J connectivity index is 1.22. The van der Waals surface area contributed by atoms with Gasteiger partial charge in [0.15, 0.2) is 0 Å². The zero-order valence-electron chi connectivity index (χ0n) is 17.1. The van der Waals surface area contributed by atoms with Crippen molar-refractivity contribution < 1.29 is 9.59 Å². The van der Waals surface area contributed by atoms with Crippen LogP contribution in [0.1, 0.15) is 36.4 Å². The minimum absolute atomic E-state index is 0.0127. The molecule has 2 fully saturated rings. The number of thioether (sulfide) groups is 1. The summed E-state index contributed by atoms with van der Waals surface area (Å²) in [6.07, 6.45) is 3.63. The van der Waals surface area contributed by atoms with E-state index in [-0.39, 0.29) is 23.4 Å². The van der Waals surface area contributed by atoms with Gasteiger partial charge in [0, 0.05) is 25.6 Å². The summed E-state index contributed by atoms with van der Waals surface area (Å²) in [5.41, 5.74) is 2.24. The third-order valence-electron chi connectivity index (χ3n) is 5.94. The molecule has 2 unspecified atom stereocenters. The van der Waals surface area contributed by atoms with Crippen LogP contribution in [0.3, 0.4) is 0 Å². The van der Waals surface area contributed by atoms with Gasteiger partial charge in [0.1, 0.15) is 5.50 Å². The second kappa shape index (κ2) is 10.1. The highest BCUT2D eigenvalue weighted by Crippen LogP contribution is 2.25. The summed E-state index contributed by atoms with van der Waals surface area (Å²) in [6.45, 7) is 1.65. The normalized spacial score (nSPS) is 22.5. The van der Waals surface area contributed by atoms with Crippen molar-refractivity contribution in [1.29, 1.82) is 0 Å². The van der Waals surface area contributed by atoms with Crippen molar-refractivity contribution in [1.82, 2.24) is 15.5 Å². The molecule has 30 heavy (non-hydrogen) atoms. The van der Waals surface area contributed by atoms with Gasteiger partial charge in [-0.1, -0.05) is 60.7 Å². The minimum Gasteiger partial charge on any atom is -0.342 e. The van der Waals surface area contributed by atoms with E-state index in [4.69, 9.17) is 0 Å². The van der Waals surface area contributed by atoms with Crippen LogP contribution in [0.5, 0.6) is 0 Å². The third-order valence-corrected chi connectivity index (χ3v) is 6.94. The molecule has 2 heterocycles. The molecule has 6 heteroatoms. The van der Waals surface area contributed by atoms with E-state index in [2.05, 4.69) is 34.9 Å². The molecule has 2 aliphatic rings. The van der Waals surface area contributed by atoms with Crippen molar-refractivity contribution in [3.8, 4) is 0 Å². The van der Waals surface area contributed by atoms with E-state index in [0.29, 0.717) is 18.1 Å². The molecule has 0 radical (unpaired) electrons. The van der Waals surface area contributed by atoms with Crippen LogP contribution in [0.15, 0.2) is 60.7 Å². The summed E-state index contributed by atoms with van der Waals surface area (Å²) in [4.78, 5) is 26.8. The van der Waals surface area contributed by atoms with Gasteiger partial charge in [0.25, 0.3) is 0 Å². The van der Waals surface area contributed by atoms with Crippen LogP contribution in [0.25, 0.3) is 0 Å². The number of carbonyl (C=O) groups excluding carboxylic acids is 2. The van der Waals surface area contributed by atoms with Gasteiger partial charge in [-0.3, -0.25) is 14.9 Å². The number of hydrogen-bond acceptors (Lipinski definition) is 4. The van der Waals surface area contributed by atoms with Crippen molar-refractivity contribution in [3.05, 3.63) is 71.8 Å². The van der Waals surface area contributed by atoms with Crippen LogP contribution < -0.4 is 10.6 Å². The molecule has 2 N–H and O–H groups in total. The molecular weight excluding hydrogens is 394 g/mol. The summed E-state index contributed by atoms with van der Waals surface area (Å²) in [5, 5.41) is 6.40. The Bertz CT molecular complexity index is 838. The minimum atomic E-state index is -0.240. The number of likely N-dealkylation sites (tertiary alicyclic amines) is 1. The maximum atomic E-state index is 12.7. The summed E-state index contributed by atoms with van der Waals surface area (Å²) < 4.78 is 0. The quantitative estimate of drug-likeness (QED) is 0.748. The average Bonchev–Trinajstić information content (AvgIpc) is 2.79. The molecule has 158 valence electrons. The van der Waals surface area contributed by atoms with Crippen molar-refractivity contribution >= 4 is 23.6 Å². The van der Waals surface area contributed by atoms with Gasteiger partial charge in [0.05, 0.1) is 5.75 Å². The molecule has 4 rings (SSSR count). The Hall–Kier alpha value is -2.31. The van der Waals surface area contributed by atoms with Crippen LogP contribution in [-0.4, -0.2) is 41.1 Å². The van der Waals surface area contributed by atoms with Gasteiger partial charge in [0.2, 0.25) is 11.8 Å². The molecule has 0 aliphatic carbocycles. The molecule has 0 saturated carbocycles. The van der Waals surface area contributed by atoms with Crippen molar-refractivity contribution in [2.75, 3.05) is 18.8 Å². The third kappa shape index (κ3) is 5.64. The molecular formula is C24H29N3O2S. The maximum absolute atomic E-state index is 12.7. The zero-order chi connectivity index (χ0) is 20.8. The van der Waals surface area contributed by atoms with Crippen molar-refractivity contribution in [3.63, 3.8) is 0 Å². The monoisotopic (exact) mass is 423 g/mol. The molecule has 2 aliphatic heterocycles. The molecule has 0 spiro atoms. The number of benzene rings is 2. The van der Waals surface area contributed by atoms with Crippen molar-refractivity contribution in [2.45, 2.75) is 37.2 Å². The highest BCUT2D eigenvalue weighted by atomic mass is 32.2. The Kier molecular flexibility index (Phi) is 7.07. The second-order valence-electron chi connectivity index (χ2n) is 8.11. The van der Waals surface area contributed by atoms with E-state index < -0.39 is 0 Å². The molecule has 2 amide bonds. The molecule has 2 aromatic carbocycles. The summed E-state index contributed by atoms with van der Waals surface area (Å²) in [5.74, 6) is 1.21. The lowest BCUT2D eigenvalue weighted by atomic mass is 9.90. The number of nitrogens with one attached hydrogen (secondary N) is 2. The largest absolute Gasteiger partial charge is 0.342 e. The number of hydrogen-bond donors (Lipinski definition) is 2. The summed E-state index contributed by atoms with van der Waals surface area (Å²) >= 11 is 1.47. The Morgan fingerprint density at radius 2 is 1.67 bits per heavy atom. The molecule has 5 nitrogen and oxygen atoms in total. The van der Waals surface area contributed by atoms with E-state index in [1.54, 1.807) is 0 Å². The molecule has 2 saturated heterocycles. The van der Waals surface area contributed by atoms with Crippen LogP contribution in [0.4, 0.5) is 0 Å². The van der Waals surface area contributed by atoms with Gasteiger partial charge in [-0.25, -0.2) is 0 Å². The number of nitrogens with zero attached hydrogens (tertiary/aromatic N) is 1. The molecule has 2 aromatic rings. The SMILES string of the molecule is O=C1CC(c2ccccc2)NC(SCC(=O)N2CCC(Cc3ccccc3)CC2)N1. The van der Waals surface area contributed by atoms with Crippen molar-refractivity contribution in [2.24, 2.45) is 5.92 Å². The highest BCUT2D eigenvalue weighted by molar-refractivity contribution is 8.00. The first-order valence-electron chi connectivity index (χ1n) is 10.7. The topological polar surface area (TPSA) is 61.4 Å². The Morgan fingerprint density at radius 3 is 2.37 bits per heavy atom. The number of amides is 2. The lowest BCUT2D eigenvalue weighted by Gasteiger charge is -2.34. The standard InChI is InChI=1S/C24H29N3O2S/c28-22-16-21(20-9-5-2-6-10-20)25-24(26-22)30-17-23(29)27-13-11-19(12-14-27)15-18-7-3-1-4-8-18/h1-10,19,21,24-25H,11-17H2,(H,26,28). The van der Waals surface area contributed by atoms with Gasteiger partial charge < -0.3 is 10.2 Å². The van der Waals surface area contributed by atoms with E-state index in [9.17, 15) is 9.59 Å². The summed E-state index contributed by atoms with van der Waals surface area (Å²) in [6, 6.07) is 20.6. The highest BCUT2D eigenvalue weighted by Gasteiger charge is 2.29. The molecule has 0 bridgehead atoms. The predicted octanol–water partition coefficient (Wildman–Crippen LogP) is 3.34. The lowest BCUT2D eigenvalue weighted by Crippen LogP contribution is -2.51. The fourth-order valence-corrected chi connectivity index (χ4v) is 5.21. The van der Waals surface area contributed by atoms with Crippen LogP contribution >= 0.6 is 11.8 Å². The second-order valence-corrected chi connectivity index (χ2v) is 9.20. The molecule has 2 atom stereocenters. The van der Waals surface area contributed by atoms with Gasteiger partial charge in [-0.2, -0.15) is 0 Å². The predicted molar refractivity (Wildman–Crippen MR) is 121 cm³/mol. The van der Waals surface area contributed by atoms with Gasteiger partial charge in [-0.05, 0) is 36.3 Å². The molecule has 0 aromatic heterocycles. The van der Waals surface area contributed by atoms with Gasteiger partial charge in [-0.15, -0.1) is 11.8 Å². The fraction of sp³-hybridized carbons (Fsp3) is 0.417. The first kappa shape index (κ1) is 20.9. The van der Waals surface area contributed by atoms with Crippen LogP contribution in [0.2, 0.25) is 0 Å². The number of carbonyl (C=O) groups is 2. The Labute approximate surface area is 182 Å². The maximum Gasteiger partial charge on any atom is 0.232 e. The number of piperidine rings is 1. The Morgan fingerprint density at radius 1 is 1.00 bits per heavy atom. The average molecular weight is 424 g/mol. The first-order valence-corrected chi connectivity index (χ1v) is 11.8. The first-order chi connectivity index (χ1) is 14.7.